The largest absolute Gasteiger partial charge is 0.322 e. The molecule has 0 bridgehead atoms. The van der Waals surface area contributed by atoms with Gasteiger partial charge in [-0.25, -0.2) is 8.78 Å². The lowest BCUT2D eigenvalue weighted by atomic mass is 10.1. The predicted octanol–water partition coefficient (Wildman–Crippen LogP) is 2.17. The van der Waals surface area contributed by atoms with Gasteiger partial charge in [-0.15, -0.1) is 0 Å². The summed E-state index contributed by atoms with van der Waals surface area (Å²) in [4.78, 5) is 0. The first-order chi connectivity index (χ1) is 8.09. The Kier molecular flexibility index (Phi) is 3.19. The van der Waals surface area contributed by atoms with E-state index in [-0.39, 0.29) is 5.56 Å². The van der Waals surface area contributed by atoms with E-state index in [2.05, 4.69) is 5.10 Å². The quantitative estimate of drug-likeness (QED) is 0.889. The van der Waals surface area contributed by atoms with Gasteiger partial charge in [0.05, 0.1) is 12.6 Å². The van der Waals surface area contributed by atoms with E-state index >= 15 is 0 Å². The molecule has 3 nitrogen and oxygen atoms in total. The second-order valence-corrected chi connectivity index (χ2v) is 3.90. The van der Waals surface area contributed by atoms with E-state index in [0.717, 1.165) is 11.8 Å². The molecular formula is C12H13F2N3. The smallest absolute Gasteiger partial charge is 0.163 e. The summed E-state index contributed by atoms with van der Waals surface area (Å²) in [5.74, 6) is -1.76. The molecule has 1 atom stereocenters. The average Bonchev–Trinajstić information content (AvgIpc) is 2.68. The van der Waals surface area contributed by atoms with Crippen LogP contribution in [-0.2, 0) is 6.54 Å². The monoisotopic (exact) mass is 237 g/mol. The van der Waals surface area contributed by atoms with Gasteiger partial charge in [0.2, 0.25) is 0 Å². The molecule has 1 unspecified atom stereocenters. The van der Waals surface area contributed by atoms with Crippen molar-refractivity contribution in [3.05, 3.63) is 53.4 Å². The first-order valence-electron chi connectivity index (χ1n) is 5.27. The molecule has 2 N–H and O–H groups in total. The number of aryl methyl sites for hydroxylation is 1. The molecule has 5 heteroatoms. The third kappa shape index (κ3) is 2.34. The van der Waals surface area contributed by atoms with Crippen molar-refractivity contribution < 1.29 is 8.78 Å². The maximum atomic E-state index is 13.5. The second kappa shape index (κ2) is 4.63. The van der Waals surface area contributed by atoms with Gasteiger partial charge in [-0.05, 0) is 19.1 Å². The van der Waals surface area contributed by atoms with E-state index in [0.29, 0.717) is 6.54 Å². The Morgan fingerprint density at radius 3 is 2.76 bits per heavy atom. The van der Waals surface area contributed by atoms with E-state index in [9.17, 15) is 8.78 Å². The van der Waals surface area contributed by atoms with Gasteiger partial charge >= 0.3 is 0 Å². The zero-order valence-corrected chi connectivity index (χ0v) is 9.40. The van der Waals surface area contributed by atoms with E-state index in [1.165, 1.54) is 12.1 Å². The number of hydrogen-bond donors (Lipinski definition) is 1. The highest BCUT2D eigenvalue weighted by molar-refractivity contribution is 5.22. The lowest BCUT2D eigenvalue weighted by Crippen LogP contribution is -2.20. The first-order valence-corrected chi connectivity index (χ1v) is 5.27. The van der Waals surface area contributed by atoms with Crippen LogP contribution in [0.15, 0.2) is 30.5 Å². The van der Waals surface area contributed by atoms with Gasteiger partial charge in [-0.1, -0.05) is 12.1 Å². The Hall–Kier alpha value is -1.75. The number of nitrogens with zero attached hydrogens (tertiary/aromatic N) is 2. The van der Waals surface area contributed by atoms with Gasteiger partial charge < -0.3 is 5.73 Å². The highest BCUT2D eigenvalue weighted by Crippen LogP contribution is 2.19. The van der Waals surface area contributed by atoms with Gasteiger partial charge in [0.15, 0.2) is 11.6 Å². The van der Waals surface area contributed by atoms with Crippen LogP contribution in [0.5, 0.6) is 0 Å². The molecule has 0 fully saturated rings. The summed E-state index contributed by atoms with van der Waals surface area (Å²) in [6.07, 6.45) is 1.64. The summed E-state index contributed by atoms with van der Waals surface area (Å²) < 4.78 is 28.2. The van der Waals surface area contributed by atoms with Crippen molar-refractivity contribution in [3.63, 3.8) is 0 Å². The maximum absolute atomic E-state index is 13.5. The highest BCUT2D eigenvalue weighted by Gasteiger charge is 2.15. The van der Waals surface area contributed by atoms with Crippen LogP contribution in [0, 0.1) is 18.6 Å². The van der Waals surface area contributed by atoms with E-state index in [1.54, 1.807) is 10.9 Å². The minimum atomic E-state index is -0.884. The summed E-state index contributed by atoms with van der Waals surface area (Å²) in [6, 6.07) is 5.22. The van der Waals surface area contributed by atoms with Crippen molar-refractivity contribution in [3.8, 4) is 0 Å². The van der Waals surface area contributed by atoms with Crippen molar-refractivity contribution in [2.24, 2.45) is 5.73 Å². The normalized spacial score (nSPS) is 12.7. The van der Waals surface area contributed by atoms with Crippen LogP contribution in [0.25, 0.3) is 0 Å². The summed E-state index contributed by atoms with van der Waals surface area (Å²) in [5, 5.41) is 4.05. The molecule has 2 rings (SSSR count). The van der Waals surface area contributed by atoms with E-state index in [1.807, 2.05) is 13.0 Å². The number of rotatable bonds is 3. The molecule has 0 aliphatic carbocycles. The molecule has 0 aliphatic heterocycles. The zero-order chi connectivity index (χ0) is 12.4. The van der Waals surface area contributed by atoms with Crippen LogP contribution in [0.2, 0.25) is 0 Å². The summed E-state index contributed by atoms with van der Waals surface area (Å²) in [6.45, 7) is 2.20. The average molecular weight is 237 g/mol. The minimum Gasteiger partial charge on any atom is -0.322 e. The highest BCUT2D eigenvalue weighted by atomic mass is 19.2. The van der Waals surface area contributed by atoms with Crippen LogP contribution < -0.4 is 5.73 Å². The minimum absolute atomic E-state index is 0.167. The summed E-state index contributed by atoms with van der Waals surface area (Å²) >= 11 is 0. The van der Waals surface area contributed by atoms with Gasteiger partial charge in [0.25, 0.3) is 0 Å². The zero-order valence-electron chi connectivity index (χ0n) is 9.40. The molecule has 0 spiro atoms. The molecule has 0 saturated carbocycles. The fraction of sp³-hybridized carbons (Fsp3) is 0.250. The van der Waals surface area contributed by atoms with Crippen molar-refractivity contribution >= 4 is 0 Å². The molecule has 2 aromatic rings. The predicted molar refractivity (Wildman–Crippen MR) is 60.3 cm³/mol. The van der Waals surface area contributed by atoms with E-state index < -0.39 is 17.7 Å². The second-order valence-electron chi connectivity index (χ2n) is 3.90. The van der Waals surface area contributed by atoms with Gasteiger partial charge in [0, 0.05) is 17.5 Å². The Morgan fingerprint density at radius 1 is 1.35 bits per heavy atom. The Labute approximate surface area is 97.9 Å². The molecule has 1 heterocycles. The van der Waals surface area contributed by atoms with Crippen LogP contribution in [0.1, 0.15) is 17.3 Å². The molecule has 1 aromatic heterocycles. The molecule has 90 valence electrons. The molecule has 0 amide bonds. The van der Waals surface area contributed by atoms with Crippen molar-refractivity contribution in [1.82, 2.24) is 9.78 Å². The molecule has 1 aromatic carbocycles. The third-order valence-electron chi connectivity index (χ3n) is 2.68. The molecular weight excluding hydrogens is 224 g/mol. The van der Waals surface area contributed by atoms with Crippen molar-refractivity contribution in [2.45, 2.75) is 19.5 Å². The van der Waals surface area contributed by atoms with Crippen LogP contribution in [-0.4, -0.2) is 9.78 Å². The summed E-state index contributed by atoms with van der Waals surface area (Å²) in [7, 11) is 0. The third-order valence-corrected chi connectivity index (χ3v) is 2.68. The standard InChI is InChI=1S/C12H13F2N3/c1-8-5-6-16-17(8)7-11(15)9-3-2-4-10(13)12(9)14/h2-6,11H,7,15H2,1H3. The number of nitrogens with two attached hydrogens (primary N) is 1. The molecule has 17 heavy (non-hydrogen) atoms. The Balaban J connectivity index is 2.23. The van der Waals surface area contributed by atoms with Crippen LogP contribution in [0.3, 0.4) is 0 Å². The topological polar surface area (TPSA) is 43.8 Å². The SMILES string of the molecule is Cc1ccnn1CC(N)c1cccc(F)c1F. The maximum Gasteiger partial charge on any atom is 0.163 e. The molecule has 0 saturated heterocycles. The first kappa shape index (κ1) is 11.7. The fourth-order valence-electron chi connectivity index (χ4n) is 1.68. The fourth-order valence-corrected chi connectivity index (χ4v) is 1.68. The number of halogens is 2. The summed E-state index contributed by atoms with van der Waals surface area (Å²) in [5.41, 5.74) is 6.95. The van der Waals surface area contributed by atoms with Crippen molar-refractivity contribution in [1.29, 1.82) is 0 Å². The van der Waals surface area contributed by atoms with Gasteiger partial charge in [-0.3, -0.25) is 4.68 Å². The molecule has 0 radical (unpaired) electrons. The number of hydrogen-bond acceptors (Lipinski definition) is 2. The van der Waals surface area contributed by atoms with Gasteiger partial charge in [-0.2, -0.15) is 5.10 Å². The Bertz CT molecular complexity index is 522. The van der Waals surface area contributed by atoms with Crippen molar-refractivity contribution in [2.75, 3.05) is 0 Å². The number of aromatic nitrogens is 2. The lowest BCUT2D eigenvalue weighted by Gasteiger charge is -2.14. The lowest BCUT2D eigenvalue weighted by molar-refractivity contribution is 0.461. The van der Waals surface area contributed by atoms with Gasteiger partial charge in [0.1, 0.15) is 0 Å². The Morgan fingerprint density at radius 2 is 2.12 bits per heavy atom. The van der Waals surface area contributed by atoms with Crippen LogP contribution in [0.4, 0.5) is 8.78 Å². The van der Waals surface area contributed by atoms with E-state index in [4.69, 9.17) is 5.73 Å². The van der Waals surface area contributed by atoms with Crippen LogP contribution >= 0.6 is 0 Å². The number of benzene rings is 1. The molecule has 0 aliphatic rings.